The number of benzene rings is 2. The minimum Gasteiger partial charge on any atom is -0.497 e. The second-order valence-electron chi connectivity index (χ2n) is 5.39. The molecular formula is C18H15F2N3O2. The molecule has 0 atom stereocenters. The lowest BCUT2D eigenvalue weighted by molar-refractivity contribution is 0.0991. The lowest BCUT2D eigenvalue weighted by Gasteiger charge is -2.14. The first-order valence-electron chi connectivity index (χ1n) is 7.42. The lowest BCUT2D eigenvalue weighted by Crippen LogP contribution is -2.26. The van der Waals surface area contributed by atoms with E-state index in [4.69, 9.17) is 4.74 Å². The number of halogens is 2. The van der Waals surface area contributed by atoms with Crippen molar-refractivity contribution in [3.05, 3.63) is 65.7 Å². The average molecular weight is 343 g/mol. The van der Waals surface area contributed by atoms with Gasteiger partial charge in [0.1, 0.15) is 17.4 Å². The number of anilines is 1. The van der Waals surface area contributed by atoms with Gasteiger partial charge in [-0.25, -0.2) is 8.78 Å². The molecule has 5 nitrogen and oxygen atoms in total. The average Bonchev–Trinajstić information content (AvgIpc) is 3.09. The zero-order valence-electron chi connectivity index (χ0n) is 13.6. The molecule has 0 saturated carbocycles. The maximum Gasteiger partial charge on any atom is 0.259 e. The van der Waals surface area contributed by atoms with Crippen molar-refractivity contribution in [1.29, 1.82) is 0 Å². The molecule has 1 amide bonds. The number of H-pyrrole nitrogens is 1. The van der Waals surface area contributed by atoms with Crippen LogP contribution in [0.15, 0.2) is 48.5 Å². The Morgan fingerprint density at radius 3 is 2.32 bits per heavy atom. The van der Waals surface area contributed by atoms with Gasteiger partial charge in [0, 0.05) is 24.7 Å². The predicted octanol–water partition coefficient (Wildman–Crippen LogP) is 3.64. The Hall–Kier alpha value is -3.22. The van der Waals surface area contributed by atoms with E-state index in [2.05, 4.69) is 10.2 Å². The quantitative estimate of drug-likeness (QED) is 0.787. The van der Waals surface area contributed by atoms with E-state index in [1.807, 2.05) is 12.1 Å². The number of amides is 1. The molecule has 3 aromatic rings. The van der Waals surface area contributed by atoms with Crippen LogP contribution in [0.5, 0.6) is 5.75 Å². The van der Waals surface area contributed by atoms with Crippen molar-refractivity contribution >= 4 is 11.7 Å². The summed E-state index contributed by atoms with van der Waals surface area (Å²) in [4.78, 5) is 13.6. The molecule has 0 saturated heterocycles. The molecule has 0 aliphatic carbocycles. The monoisotopic (exact) mass is 343 g/mol. The topological polar surface area (TPSA) is 58.2 Å². The molecule has 0 unspecified atom stereocenters. The predicted molar refractivity (Wildman–Crippen MR) is 89.7 cm³/mol. The van der Waals surface area contributed by atoms with Gasteiger partial charge >= 0.3 is 0 Å². The maximum atomic E-state index is 13.3. The second-order valence-corrected chi connectivity index (χ2v) is 5.39. The zero-order chi connectivity index (χ0) is 18.0. The Morgan fingerprint density at radius 2 is 1.72 bits per heavy atom. The number of aromatic nitrogens is 2. The number of aromatic amines is 1. The van der Waals surface area contributed by atoms with Crippen molar-refractivity contribution in [2.75, 3.05) is 19.1 Å². The molecule has 128 valence electrons. The van der Waals surface area contributed by atoms with Crippen LogP contribution in [0.2, 0.25) is 0 Å². The van der Waals surface area contributed by atoms with E-state index in [-0.39, 0.29) is 5.56 Å². The van der Waals surface area contributed by atoms with Gasteiger partial charge in [0.05, 0.1) is 12.8 Å². The molecule has 0 bridgehead atoms. The van der Waals surface area contributed by atoms with Crippen LogP contribution in [-0.4, -0.2) is 30.3 Å². The van der Waals surface area contributed by atoms with Crippen molar-refractivity contribution in [2.24, 2.45) is 0 Å². The third-order valence-electron chi connectivity index (χ3n) is 3.72. The summed E-state index contributed by atoms with van der Waals surface area (Å²) in [7, 11) is 3.07. The van der Waals surface area contributed by atoms with E-state index in [1.54, 1.807) is 25.3 Å². The van der Waals surface area contributed by atoms with Crippen LogP contribution in [0.3, 0.4) is 0 Å². The fraction of sp³-hybridized carbons (Fsp3) is 0.111. The van der Waals surface area contributed by atoms with Gasteiger partial charge in [-0.3, -0.25) is 14.8 Å². The van der Waals surface area contributed by atoms with E-state index < -0.39 is 17.5 Å². The Morgan fingerprint density at radius 1 is 1.08 bits per heavy atom. The number of nitrogens with one attached hydrogen (secondary N) is 1. The summed E-state index contributed by atoms with van der Waals surface area (Å²) >= 11 is 0. The summed E-state index contributed by atoms with van der Waals surface area (Å²) in [6.07, 6.45) is 0. The Bertz CT molecular complexity index is 887. The molecule has 25 heavy (non-hydrogen) atoms. The highest BCUT2D eigenvalue weighted by molar-refractivity contribution is 6.05. The summed E-state index contributed by atoms with van der Waals surface area (Å²) < 4.78 is 31.7. The maximum absolute atomic E-state index is 13.3. The van der Waals surface area contributed by atoms with Crippen molar-refractivity contribution < 1.29 is 18.3 Å². The van der Waals surface area contributed by atoms with E-state index in [1.165, 1.54) is 11.9 Å². The van der Waals surface area contributed by atoms with Crippen molar-refractivity contribution in [2.45, 2.75) is 0 Å². The van der Waals surface area contributed by atoms with E-state index >= 15 is 0 Å². The van der Waals surface area contributed by atoms with Gasteiger partial charge in [-0.05, 0) is 42.0 Å². The molecule has 1 aromatic heterocycles. The van der Waals surface area contributed by atoms with E-state index in [0.29, 0.717) is 17.6 Å². The number of ether oxygens (including phenoxy) is 1. The number of hydrogen-bond acceptors (Lipinski definition) is 3. The number of nitrogens with zero attached hydrogens (tertiary/aromatic N) is 2. The van der Waals surface area contributed by atoms with E-state index in [9.17, 15) is 13.6 Å². The summed E-state index contributed by atoms with van der Waals surface area (Å²) in [5.74, 6) is -1.12. The van der Waals surface area contributed by atoms with Crippen LogP contribution < -0.4 is 9.64 Å². The zero-order valence-corrected chi connectivity index (χ0v) is 13.6. The summed E-state index contributed by atoms with van der Waals surface area (Å²) in [6, 6.07) is 11.7. The van der Waals surface area contributed by atoms with Crippen LogP contribution in [-0.2, 0) is 0 Å². The van der Waals surface area contributed by atoms with Gasteiger partial charge < -0.3 is 4.74 Å². The second kappa shape index (κ2) is 6.72. The molecule has 0 radical (unpaired) electrons. The van der Waals surface area contributed by atoms with Crippen molar-refractivity contribution in [3.63, 3.8) is 0 Å². The molecular weight excluding hydrogens is 328 g/mol. The van der Waals surface area contributed by atoms with Gasteiger partial charge in [0.2, 0.25) is 0 Å². The largest absolute Gasteiger partial charge is 0.497 e. The van der Waals surface area contributed by atoms with Crippen LogP contribution in [0, 0.1) is 11.6 Å². The van der Waals surface area contributed by atoms with Gasteiger partial charge in [0.25, 0.3) is 5.91 Å². The van der Waals surface area contributed by atoms with Crippen LogP contribution in [0.25, 0.3) is 11.3 Å². The minimum absolute atomic E-state index is 0.0889. The smallest absolute Gasteiger partial charge is 0.259 e. The van der Waals surface area contributed by atoms with Gasteiger partial charge in [-0.2, -0.15) is 5.10 Å². The summed E-state index contributed by atoms with van der Waals surface area (Å²) in [5.41, 5.74) is 1.47. The molecule has 3 rings (SSSR count). The number of carbonyl (C=O) groups excluding carboxylic acids is 1. The Kier molecular flexibility index (Phi) is 4.47. The molecule has 1 N–H and O–H groups in total. The standard InChI is InChI=1S/C18H15F2N3O2/c1-23(18(24)12-7-13(19)9-14(20)8-12)17-10-16(21-22-17)11-3-5-15(25-2)6-4-11/h3-10H,1-2H3,(H,21,22). The number of rotatable bonds is 4. The fourth-order valence-electron chi connectivity index (χ4n) is 2.38. The highest BCUT2D eigenvalue weighted by Crippen LogP contribution is 2.24. The first kappa shape index (κ1) is 16.6. The first-order valence-corrected chi connectivity index (χ1v) is 7.42. The third-order valence-corrected chi connectivity index (χ3v) is 3.72. The molecule has 0 aliphatic heterocycles. The van der Waals surface area contributed by atoms with Crippen LogP contribution >= 0.6 is 0 Å². The first-order chi connectivity index (χ1) is 12.0. The molecule has 0 fully saturated rings. The fourth-order valence-corrected chi connectivity index (χ4v) is 2.38. The lowest BCUT2D eigenvalue weighted by atomic mass is 10.1. The van der Waals surface area contributed by atoms with Crippen LogP contribution in [0.1, 0.15) is 10.4 Å². The van der Waals surface area contributed by atoms with Gasteiger partial charge in [-0.15, -0.1) is 0 Å². The van der Waals surface area contributed by atoms with Crippen molar-refractivity contribution in [3.8, 4) is 17.0 Å². The highest BCUT2D eigenvalue weighted by atomic mass is 19.1. The Labute approximate surface area is 142 Å². The van der Waals surface area contributed by atoms with Crippen LogP contribution in [0.4, 0.5) is 14.6 Å². The Balaban J connectivity index is 1.84. The number of hydrogen-bond donors (Lipinski definition) is 1. The van der Waals surface area contributed by atoms with Gasteiger partial charge in [-0.1, -0.05) is 0 Å². The number of carbonyl (C=O) groups is 1. The minimum atomic E-state index is -0.808. The van der Waals surface area contributed by atoms with Crippen molar-refractivity contribution in [1.82, 2.24) is 10.2 Å². The molecule has 2 aromatic carbocycles. The number of methoxy groups -OCH3 is 1. The molecule has 7 heteroatoms. The van der Waals surface area contributed by atoms with Gasteiger partial charge in [0.15, 0.2) is 5.82 Å². The third kappa shape index (κ3) is 3.50. The molecule has 0 spiro atoms. The molecule has 1 heterocycles. The summed E-state index contributed by atoms with van der Waals surface area (Å²) in [5, 5.41) is 6.92. The normalized spacial score (nSPS) is 10.6. The molecule has 0 aliphatic rings. The SMILES string of the molecule is COc1ccc(-c2cc(N(C)C(=O)c3cc(F)cc(F)c3)n[nH]2)cc1. The van der Waals surface area contributed by atoms with E-state index in [0.717, 1.165) is 23.4 Å². The highest BCUT2D eigenvalue weighted by Gasteiger charge is 2.18. The summed E-state index contributed by atoms with van der Waals surface area (Å²) in [6.45, 7) is 0.